The number of rotatable bonds is 4. The Labute approximate surface area is 311 Å². The third-order valence-corrected chi connectivity index (χ3v) is 13.7. The van der Waals surface area contributed by atoms with Crippen molar-refractivity contribution in [2.24, 2.45) is 0 Å². The molecule has 268 valence electrons. The number of hydrogen-bond acceptors (Lipinski definition) is 4. The highest BCUT2D eigenvalue weighted by molar-refractivity contribution is 5.42. The zero-order valence-electron chi connectivity index (χ0n) is 31.3. The van der Waals surface area contributed by atoms with Crippen LogP contribution in [0.2, 0.25) is 0 Å². The highest BCUT2D eigenvalue weighted by Crippen LogP contribution is 2.45. The van der Waals surface area contributed by atoms with E-state index in [1.165, 1.54) is 70.2 Å². The number of fused-ring (bicyclic) bond motifs is 8. The van der Waals surface area contributed by atoms with E-state index in [4.69, 9.17) is 0 Å². The van der Waals surface area contributed by atoms with Gasteiger partial charge in [0.15, 0.2) is 0 Å². The number of aryl methyl sites for hydroxylation is 4. The molecular weight excluding hydrogens is 633 g/mol. The fourth-order valence-corrected chi connectivity index (χ4v) is 11.3. The van der Waals surface area contributed by atoms with Crippen LogP contribution in [-0.2, 0) is 0 Å². The Morgan fingerprint density at radius 3 is 0.788 bits per heavy atom. The molecule has 5 aliphatic rings. The average Bonchev–Trinajstić information content (AvgIpc) is 3.99. The van der Waals surface area contributed by atoms with Gasteiger partial charge in [-0.3, -0.25) is 0 Å². The summed E-state index contributed by atoms with van der Waals surface area (Å²) in [7, 11) is 0. The van der Waals surface area contributed by atoms with E-state index in [1.807, 2.05) is 0 Å². The van der Waals surface area contributed by atoms with E-state index in [0.29, 0.717) is 47.8 Å². The van der Waals surface area contributed by atoms with Gasteiger partial charge in [-0.1, -0.05) is 121 Å². The first kappa shape index (κ1) is 34.0. The normalized spacial score (nSPS) is 35.3. The lowest BCUT2D eigenvalue weighted by molar-refractivity contribution is 0.316. The van der Waals surface area contributed by atoms with E-state index in [2.05, 4.69) is 170 Å². The van der Waals surface area contributed by atoms with Crippen molar-refractivity contribution < 1.29 is 0 Å². The van der Waals surface area contributed by atoms with Gasteiger partial charge in [0.1, 0.15) is 0 Å². The van der Waals surface area contributed by atoms with Gasteiger partial charge in [-0.15, -0.1) is 0 Å². The Balaban J connectivity index is 1.17. The smallest absolute Gasteiger partial charge is 0.0340 e. The van der Waals surface area contributed by atoms with E-state index in [-0.39, 0.29) is 24.2 Å². The van der Waals surface area contributed by atoms with E-state index < -0.39 is 0 Å². The molecule has 8 bridgehead atoms. The summed E-state index contributed by atoms with van der Waals surface area (Å²) >= 11 is 0. The topological polar surface area (TPSA) is 48.1 Å². The summed E-state index contributed by atoms with van der Waals surface area (Å²) in [6, 6.07) is 39.1. The van der Waals surface area contributed by atoms with Crippen LogP contribution in [0.3, 0.4) is 0 Å². The van der Waals surface area contributed by atoms with Crippen LogP contribution in [0, 0.1) is 27.7 Å². The van der Waals surface area contributed by atoms with Crippen molar-refractivity contribution in [1.82, 2.24) is 21.3 Å². The van der Waals surface area contributed by atoms with E-state index in [0.717, 1.165) is 0 Å². The van der Waals surface area contributed by atoms with Crippen molar-refractivity contribution in [3.63, 3.8) is 0 Å². The standard InChI is InChI=1S/C48H56N4/c1-29-13-5-9-17-33(29)45-37-21-23-39(49-37)46(34-18-10-6-14-30(34)2)41-25-27-43(51-41)48(36-20-12-8-16-32(36)4)44-28-26-42(52-44)47(40-24-22-38(45)50-40)35-19-11-7-15-31(35)3/h5-21,23,26,28,37-52H,22,24-25,27H2,1-4H3. The molecule has 12 atom stereocenters. The zero-order valence-corrected chi connectivity index (χ0v) is 31.3. The molecule has 0 aliphatic carbocycles. The minimum atomic E-state index is 0.254. The maximum absolute atomic E-state index is 4.36. The number of benzene rings is 4. The number of hydrogen-bond donors (Lipinski definition) is 4. The molecule has 3 saturated heterocycles. The fourth-order valence-electron chi connectivity index (χ4n) is 11.3. The molecule has 4 nitrogen and oxygen atoms in total. The Morgan fingerprint density at radius 1 is 0.327 bits per heavy atom. The highest BCUT2D eigenvalue weighted by atomic mass is 15.1. The largest absolute Gasteiger partial charge is 0.310 e. The molecule has 4 heteroatoms. The second-order valence-electron chi connectivity index (χ2n) is 16.6. The summed E-state index contributed by atoms with van der Waals surface area (Å²) in [6.45, 7) is 9.24. The Bertz CT molecular complexity index is 1690. The lowest BCUT2D eigenvalue weighted by Gasteiger charge is -2.38. The summed E-state index contributed by atoms with van der Waals surface area (Å²) in [5.74, 6) is 1.35. The minimum Gasteiger partial charge on any atom is -0.310 e. The van der Waals surface area contributed by atoms with Crippen molar-refractivity contribution in [3.05, 3.63) is 166 Å². The Kier molecular flexibility index (Phi) is 9.29. The molecule has 0 aromatic heterocycles. The van der Waals surface area contributed by atoms with Crippen LogP contribution in [-0.4, -0.2) is 48.3 Å². The van der Waals surface area contributed by atoms with E-state index in [1.54, 1.807) is 0 Å². The van der Waals surface area contributed by atoms with Gasteiger partial charge < -0.3 is 21.3 Å². The molecule has 0 saturated carbocycles. The van der Waals surface area contributed by atoms with Gasteiger partial charge in [-0.2, -0.15) is 0 Å². The zero-order chi connectivity index (χ0) is 35.3. The minimum absolute atomic E-state index is 0.254. The SMILES string of the molecule is Cc1ccccc1C1C2C=CC(N2)C(c2ccccc2C)C2CCC(N2)C(c2ccccc2C)C2C=CC(N2)C(c2ccccc2C)C2CCC1N2. The maximum Gasteiger partial charge on any atom is 0.0340 e. The molecule has 4 aromatic rings. The van der Waals surface area contributed by atoms with Gasteiger partial charge in [-0.25, -0.2) is 0 Å². The van der Waals surface area contributed by atoms with E-state index >= 15 is 0 Å². The molecule has 9 rings (SSSR count). The molecule has 4 N–H and O–H groups in total. The van der Waals surface area contributed by atoms with Crippen molar-refractivity contribution in [1.29, 1.82) is 0 Å². The van der Waals surface area contributed by atoms with Crippen LogP contribution in [0.4, 0.5) is 0 Å². The first-order valence-corrected chi connectivity index (χ1v) is 20.1. The van der Waals surface area contributed by atoms with Crippen LogP contribution < -0.4 is 21.3 Å². The van der Waals surface area contributed by atoms with Crippen molar-refractivity contribution in [2.75, 3.05) is 0 Å². The first-order chi connectivity index (χ1) is 25.4. The van der Waals surface area contributed by atoms with Gasteiger partial charge in [0.05, 0.1) is 0 Å². The predicted molar refractivity (Wildman–Crippen MR) is 215 cm³/mol. The second kappa shape index (κ2) is 14.2. The molecule has 3 fully saturated rings. The number of nitrogens with one attached hydrogen (secondary N) is 4. The van der Waals surface area contributed by atoms with Gasteiger partial charge in [0.25, 0.3) is 0 Å². The van der Waals surface area contributed by atoms with Crippen LogP contribution in [0.15, 0.2) is 121 Å². The third-order valence-electron chi connectivity index (χ3n) is 13.7. The predicted octanol–water partition coefficient (Wildman–Crippen LogP) is 8.40. The van der Waals surface area contributed by atoms with Crippen molar-refractivity contribution in [2.45, 2.75) is 125 Å². The summed E-state index contributed by atoms with van der Waals surface area (Å²) < 4.78 is 0. The van der Waals surface area contributed by atoms with E-state index in [9.17, 15) is 0 Å². The van der Waals surface area contributed by atoms with Gasteiger partial charge in [0.2, 0.25) is 0 Å². The molecule has 0 amide bonds. The first-order valence-electron chi connectivity index (χ1n) is 20.1. The monoisotopic (exact) mass is 688 g/mol. The lowest BCUT2D eigenvalue weighted by Crippen LogP contribution is -2.52. The quantitative estimate of drug-likeness (QED) is 0.163. The molecule has 0 radical (unpaired) electrons. The van der Waals surface area contributed by atoms with Crippen LogP contribution in [0.25, 0.3) is 0 Å². The molecule has 12 unspecified atom stereocenters. The highest BCUT2D eigenvalue weighted by Gasteiger charge is 2.47. The molecule has 5 heterocycles. The molecular formula is C48H56N4. The van der Waals surface area contributed by atoms with Gasteiger partial charge >= 0.3 is 0 Å². The Morgan fingerprint density at radius 2 is 0.558 bits per heavy atom. The lowest BCUT2D eigenvalue weighted by atomic mass is 9.81. The van der Waals surface area contributed by atoms with Crippen LogP contribution >= 0.6 is 0 Å². The van der Waals surface area contributed by atoms with Crippen molar-refractivity contribution in [3.8, 4) is 0 Å². The average molecular weight is 689 g/mol. The Hall–Kier alpha value is -3.80. The summed E-state index contributed by atoms with van der Waals surface area (Å²) in [5.41, 5.74) is 11.5. The summed E-state index contributed by atoms with van der Waals surface area (Å²) in [4.78, 5) is 0. The van der Waals surface area contributed by atoms with Gasteiger partial charge in [-0.05, 0) is 97.9 Å². The third kappa shape index (κ3) is 6.12. The molecule has 5 aliphatic heterocycles. The van der Waals surface area contributed by atoms with Crippen LogP contribution in [0.1, 0.15) is 93.9 Å². The van der Waals surface area contributed by atoms with Crippen LogP contribution in [0.5, 0.6) is 0 Å². The molecule has 0 spiro atoms. The fraction of sp³-hybridized carbons (Fsp3) is 0.417. The molecule has 52 heavy (non-hydrogen) atoms. The van der Waals surface area contributed by atoms with Crippen molar-refractivity contribution >= 4 is 0 Å². The van der Waals surface area contributed by atoms with Gasteiger partial charge in [0, 0.05) is 72.0 Å². The molecule has 4 aromatic carbocycles. The maximum atomic E-state index is 4.36. The summed E-state index contributed by atoms with van der Waals surface area (Å²) in [6.07, 6.45) is 14.8. The second-order valence-corrected chi connectivity index (χ2v) is 16.6. The summed E-state index contributed by atoms with van der Waals surface area (Å²) in [5, 5.41) is 17.3.